The summed E-state index contributed by atoms with van der Waals surface area (Å²) in [5.41, 5.74) is 1.07. The van der Waals surface area contributed by atoms with E-state index < -0.39 is 11.4 Å². The van der Waals surface area contributed by atoms with E-state index in [0.717, 1.165) is 17.7 Å². The van der Waals surface area contributed by atoms with Gasteiger partial charge in [-0.3, -0.25) is 4.79 Å². The van der Waals surface area contributed by atoms with Crippen LogP contribution in [0.4, 0.5) is 5.69 Å². The average Bonchev–Trinajstić information content (AvgIpc) is 3.08. The molecule has 1 aliphatic carbocycles. The highest BCUT2D eigenvalue weighted by Crippen LogP contribution is 2.49. The molecule has 3 aromatic rings. The number of amides is 1. The van der Waals surface area contributed by atoms with Crippen molar-refractivity contribution in [3.05, 3.63) is 59.1 Å². The SMILES string of the molecule is COC(=O)c1ccc(NC(=O)C2(c3cc(-c4cccs4)on3)CC2)cc1. The Labute approximate surface area is 153 Å². The van der Waals surface area contributed by atoms with Gasteiger partial charge in [0.05, 0.1) is 28.7 Å². The minimum absolute atomic E-state index is 0.116. The smallest absolute Gasteiger partial charge is 0.337 e. The fourth-order valence-corrected chi connectivity index (χ4v) is 3.49. The van der Waals surface area contributed by atoms with Crippen LogP contribution in [0.3, 0.4) is 0 Å². The Morgan fingerprint density at radius 1 is 1.23 bits per heavy atom. The number of ether oxygens (including phenoxy) is 1. The van der Waals surface area contributed by atoms with Gasteiger partial charge in [-0.2, -0.15) is 0 Å². The Morgan fingerprint density at radius 2 is 2.00 bits per heavy atom. The molecule has 0 radical (unpaired) electrons. The van der Waals surface area contributed by atoms with E-state index in [9.17, 15) is 9.59 Å². The third-order valence-corrected chi connectivity index (χ3v) is 5.40. The molecule has 7 heteroatoms. The summed E-state index contributed by atoms with van der Waals surface area (Å²) in [7, 11) is 1.33. The predicted octanol–water partition coefficient (Wildman–Crippen LogP) is 3.86. The lowest BCUT2D eigenvalue weighted by Crippen LogP contribution is -2.28. The molecular weight excluding hydrogens is 352 g/mol. The Hall–Kier alpha value is -2.93. The standard InChI is InChI=1S/C19H16N2O4S/c1-24-17(22)12-4-6-13(7-5-12)20-18(23)19(8-9-19)16-11-14(25-21-16)15-3-2-10-26-15/h2-7,10-11H,8-9H2,1H3,(H,20,23). The van der Waals surface area contributed by atoms with E-state index in [1.807, 2.05) is 23.6 Å². The van der Waals surface area contributed by atoms with Gasteiger partial charge in [0.2, 0.25) is 5.91 Å². The molecule has 1 saturated carbocycles. The number of methoxy groups -OCH3 is 1. The number of benzene rings is 1. The Kier molecular flexibility index (Phi) is 4.08. The van der Waals surface area contributed by atoms with Crippen LogP contribution in [0.15, 0.2) is 52.4 Å². The summed E-state index contributed by atoms with van der Waals surface area (Å²) < 4.78 is 10.1. The van der Waals surface area contributed by atoms with E-state index in [-0.39, 0.29) is 5.91 Å². The number of carbonyl (C=O) groups is 2. The topological polar surface area (TPSA) is 81.4 Å². The molecule has 1 fully saturated rings. The van der Waals surface area contributed by atoms with E-state index in [2.05, 4.69) is 15.2 Å². The van der Waals surface area contributed by atoms with E-state index in [4.69, 9.17) is 4.52 Å². The number of anilines is 1. The second-order valence-electron chi connectivity index (χ2n) is 6.16. The maximum atomic E-state index is 12.8. The second-order valence-corrected chi connectivity index (χ2v) is 7.11. The lowest BCUT2D eigenvalue weighted by Gasteiger charge is -2.12. The molecular formula is C19H16N2O4S. The Morgan fingerprint density at radius 3 is 2.62 bits per heavy atom. The Balaban J connectivity index is 1.50. The summed E-state index contributed by atoms with van der Waals surface area (Å²) in [6.45, 7) is 0. The van der Waals surface area contributed by atoms with E-state index in [0.29, 0.717) is 22.7 Å². The molecule has 132 valence electrons. The van der Waals surface area contributed by atoms with Crippen LogP contribution in [0.5, 0.6) is 0 Å². The van der Waals surface area contributed by atoms with Gasteiger partial charge in [-0.25, -0.2) is 4.79 Å². The zero-order valence-electron chi connectivity index (χ0n) is 14.0. The monoisotopic (exact) mass is 368 g/mol. The van der Waals surface area contributed by atoms with Gasteiger partial charge in [-0.05, 0) is 48.6 Å². The molecule has 0 atom stereocenters. The van der Waals surface area contributed by atoms with Crippen molar-refractivity contribution in [2.45, 2.75) is 18.3 Å². The molecule has 1 N–H and O–H groups in total. The number of esters is 1. The van der Waals surface area contributed by atoms with Gasteiger partial charge in [0, 0.05) is 11.8 Å². The summed E-state index contributed by atoms with van der Waals surface area (Å²) in [5.74, 6) is 0.149. The zero-order chi connectivity index (χ0) is 18.1. The van der Waals surface area contributed by atoms with Crippen LogP contribution in [0.1, 0.15) is 28.9 Å². The molecule has 1 aromatic carbocycles. The highest BCUT2D eigenvalue weighted by molar-refractivity contribution is 7.13. The molecule has 0 spiro atoms. The molecule has 4 rings (SSSR count). The van der Waals surface area contributed by atoms with Crippen molar-refractivity contribution in [3.63, 3.8) is 0 Å². The quantitative estimate of drug-likeness (QED) is 0.692. The number of hydrogen-bond acceptors (Lipinski definition) is 6. The number of hydrogen-bond donors (Lipinski definition) is 1. The first kappa shape index (κ1) is 16.5. The van der Waals surface area contributed by atoms with Crippen LogP contribution in [0.25, 0.3) is 10.6 Å². The van der Waals surface area contributed by atoms with Crippen LogP contribution >= 0.6 is 11.3 Å². The molecule has 2 heterocycles. The van der Waals surface area contributed by atoms with Gasteiger partial charge < -0.3 is 14.6 Å². The van der Waals surface area contributed by atoms with Gasteiger partial charge in [-0.1, -0.05) is 11.2 Å². The maximum Gasteiger partial charge on any atom is 0.337 e. The van der Waals surface area contributed by atoms with Crippen molar-refractivity contribution in [2.24, 2.45) is 0 Å². The van der Waals surface area contributed by atoms with Gasteiger partial charge in [0.25, 0.3) is 0 Å². The number of rotatable bonds is 5. The van der Waals surface area contributed by atoms with E-state index in [1.54, 1.807) is 35.6 Å². The first-order chi connectivity index (χ1) is 12.6. The van der Waals surface area contributed by atoms with Crippen molar-refractivity contribution in [1.29, 1.82) is 0 Å². The molecule has 0 saturated heterocycles. The summed E-state index contributed by atoms with van der Waals surface area (Å²) in [5, 5.41) is 9.00. The second kappa shape index (κ2) is 6.42. The van der Waals surface area contributed by atoms with Crippen molar-refractivity contribution in [1.82, 2.24) is 5.16 Å². The van der Waals surface area contributed by atoms with Crippen LogP contribution in [-0.2, 0) is 14.9 Å². The number of aromatic nitrogens is 1. The van der Waals surface area contributed by atoms with Crippen molar-refractivity contribution >= 4 is 28.9 Å². The lowest BCUT2D eigenvalue weighted by atomic mass is 10.0. The largest absolute Gasteiger partial charge is 0.465 e. The predicted molar refractivity (Wildman–Crippen MR) is 97.1 cm³/mol. The first-order valence-corrected chi connectivity index (χ1v) is 9.01. The van der Waals surface area contributed by atoms with Gasteiger partial charge >= 0.3 is 5.97 Å². The number of thiophene rings is 1. The van der Waals surface area contributed by atoms with E-state index in [1.165, 1.54) is 7.11 Å². The Bertz CT molecular complexity index is 940. The normalized spacial score (nSPS) is 14.7. The highest BCUT2D eigenvalue weighted by Gasteiger charge is 2.53. The molecule has 1 aliphatic rings. The van der Waals surface area contributed by atoms with Gasteiger partial charge in [0.15, 0.2) is 5.76 Å². The van der Waals surface area contributed by atoms with Crippen molar-refractivity contribution < 1.29 is 18.8 Å². The maximum absolute atomic E-state index is 12.8. The first-order valence-electron chi connectivity index (χ1n) is 8.13. The average molecular weight is 368 g/mol. The van der Waals surface area contributed by atoms with E-state index >= 15 is 0 Å². The van der Waals surface area contributed by atoms with Crippen LogP contribution in [0, 0.1) is 0 Å². The molecule has 6 nitrogen and oxygen atoms in total. The number of nitrogens with zero attached hydrogens (tertiary/aromatic N) is 1. The molecule has 0 bridgehead atoms. The summed E-state index contributed by atoms with van der Waals surface area (Å²) in [4.78, 5) is 25.2. The van der Waals surface area contributed by atoms with Crippen LogP contribution in [0.2, 0.25) is 0 Å². The minimum atomic E-state index is -0.639. The minimum Gasteiger partial charge on any atom is -0.465 e. The highest BCUT2D eigenvalue weighted by atomic mass is 32.1. The molecule has 0 aliphatic heterocycles. The molecule has 2 aromatic heterocycles. The summed E-state index contributed by atoms with van der Waals surface area (Å²) in [6.07, 6.45) is 1.46. The molecule has 1 amide bonds. The molecule has 0 unspecified atom stereocenters. The fourth-order valence-electron chi connectivity index (χ4n) is 2.82. The van der Waals surface area contributed by atoms with Crippen LogP contribution in [-0.4, -0.2) is 24.1 Å². The number of carbonyl (C=O) groups excluding carboxylic acids is 2. The van der Waals surface area contributed by atoms with Crippen molar-refractivity contribution in [2.75, 3.05) is 12.4 Å². The van der Waals surface area contributed by atoms with Gasteiger partial charge in [-0.15, -0.1) is 11.3 Å². The third kappa shape index (κ3) is 2.90. The summed E-state index contributed by atoms with van der Waals surface area (Å²) in [6, 6.07) is 12.3. The van der Waals surface area contributed by atoms with Crippen LogP contribution < -0.4 is 5.32 Å². The third-order valence-electron chi connectivity index (χ3n) is 4.51. The zero-order valence-corrected chi connectivity index (χ0v) is 14.8. The van der Waals surface area contributed by atoms with Gasteiger partial charge in [0.1, 0.15) is 0 Å². The van der Waals surface area contributed by atoms with Crippen molar-refractivity contribution in [3.8, 4) is 10.6 Å². The number of nitrogens with one attached hydrogen (secondary N) is 1. The summed E-state index contributed by atoms with van der Waals surface area (Å²) >= 11 is 1.56. The molecule has 26 heavy (non-hydrogen) atoms. The fraction of sp³-hybridized carbons (Fsp3) is 0.211. The lowest BCUT2D eigenvalue weighted by molar-refractivity contribution is -0.118.